The lowest BCUT2D eigenvalue weighted by molar-refractivity contribution is 0.102. The number of nitrogens with one attached hydrogen (secondary N) is 1. The van der Waals surface area contributed by atoms with Gasteiger partial charge in [-0.1, -0.05) is 24.3 Å². The van der Waals surface area contributed by atoms with Gasteiger partial charge in [-0.3, -0.25) is 4.79 Å². The summed E-state index contributed by atoms with van der Waals surface area (Å²) in [5.74, 6) is -0.0789. The number of benzene rings is 3. The maximum Gasteiger partial charge on any atom is 0.259 e. The molecule has 7 nitrogen and oxygen atoms in total. The molecular formula is C28H30FN3O4. The molecule has 8 heteroatoms. The number of para-hydroxylation sites is 1. The maximum atomic E-state index is 13.4. The highest BCUT2D eigenvalue weighted by Gasteiger charge is 2.21. The van der Waals surface area contributed by atoms with Gasteiger partial charge in [0.25, 0.3) is 5.91 Å². The molecule has 3 aromatic rings. The van der Waals surface area contributed by atoms with E-state index >= 15 is 0 Å². The Hall–Kier alpha value is -3.62. The molecule has 5 rings (SSSR count). The largest absolute Gasteiger partial charge is 0.488 e. The summed E-state index contributed by atoms with van der Waals surface area (Å²) in [6.07, 6.45) is 0. The molecule has 0 spiro atoms. The first-order valence-electron chi connectivity index (χ1n) is 12.2. The normalized spacial score (nSPS) is 16.0. The van der Waals surface area contributed by atoms with Crippen LogP contribution in [-0.4, -0.2) is 58.5 Å². The van der Waals surface area contributed by atoms with Crippen molar-refractivity contribution in [3.8, 4) is 5.75 Å². The number of rotatable bonds is 7. The van der Waals surface area contributed by atoms with Crippen molar-refractivity contribution in [1.29, 1.82) is 0 Å². The fraction of sp³-hybridized carbons (Fsp3) is 0.321. The molecule has 1 amide bonds. The van der Waals surface area contributed by atoms with E-state index in [1.807, 2.05) is 24.3 Å². The summed E-state index contributed by atoms with van der Waals surface area (Å²) in [5.41, 5.74) is 4.08. The first-order valence-corrected chi connectivity index (χ1v) is 12.2. The lowest BCUT2D eigenvalue weighted by atomic mass is 10.1. The number of nitrogens with zero attached hydrogens (tertiary/aromatic N) is 2. The van der Waals surface area contributed by atoms with Crippen LogP contribution in [0.2, 0.25) is 0 Å². The average molecular weight is 492 g/mol. The molecule has 2 heterocycles. The molecule has 188 valence electrons. The first-order chi connectivity index (χ1) is 17.7. The summed E-state index contributed by atoms with van der Waals surface area (Å²) < 4.78 is 30.2. The van der Waals surface area contributed by atoms with E-state index in [0.717, 1.165) is 48.8 Å². The smallest absolute Gasteiger partial charge is 0.259 e. The molecule has 0 aromatic heterocycles. The van der Waals surface area contributed by atoms with Gasteiger partial charge in [-0.2, -0.15) is 0 Å². The molecule has 0 atom stereocenters. The number of hydrogen-bond donors (Lipinski definition) is 1. The van der Waals surface area contributed by atoms with Gasteiger partial charge in [-0.25, -0.2) is 4.39 Å². The maximum absolute atomic E-state index is 13.4. The summed E-state index contributed by atoms with van der Waals surface area (Å²) in [7, 11) is 0. The summed E-state index contributed by atoms with van der Waals surface area (Å²) in [6.45, 7) is 6.14. The molecule has 3 aromatic carbocycles. The molecule has 0 aliphatic carbocycles. The van der Waals surface area contributed by atoms with Gasteiger partial charge in [-0.15, -0.1) is 0 Å². The van der Waals surface area contributed by atoms with Crippen molar-refractivity contribution in [2.45, 2.75) is 6.61 Å². The lowest BCUT2D eigenvalue weighted by Gasteiger charge is -2.33. The van der Waals surface area contributed by atoms with E-state index in [0.29, 0.717) is 37.7 Å². The fourth-order valence-corrected chi connectivity index (χ4v) is 4.42. The second-order valence-electron chi connectivity index (χ2n) is 8.77. The van der Waals surface area contributed by atoms with E-state index in [2.05, 4.69) is 21.2 Å². The number of amides is 1. The Balaban J connectivity index is 1.36. The van der Waals surface area contributed by atoms with E-state index in [9.17, 15) is 9.18 Å². The van der Waals surface area contributed by atoms with E-state index in [1.54, 1.807) is 24.3 Å². The Morgan fingerprint density at radius 2 is 1.53 bits per heavy atom. The zero-order chi connectivity index (χ0) is 24.7. The van der Waals surface area contributed by atoms with Gasteiger partial charge in [0.1, 0.15) is 18.2 Å². The summed E-state index contributed by atoms with van der Waals surface area (Å²) in [5, 5.41) is 3.11. The van der Waals surface area contributed by atoms with Crippen LogP contribution >= 0.6 is 0 Å². The van der Waals surface area contributed by atoms with Gasteiger partial charge >= 0.3 is 0 Å². The molecule has 2 aliphatic heterocycles. The zero-order valence-electron chi connectivity index (χ0n) is 20.1. The minimum atomic E-state index is -0.297. The van der Waals surface area contributed by atoms with E-state index in [1.165, 1.54) is 12.1 Å². The van der Waals surface area contributed by atoms with Crippen LogP contribution in [0.5, 0.6) is 5.75 Å². The third kappa shape index (κ3) is 5.78. The second-order valence-corrected chi connectivity index (χ2v) is 8.77. The van der Waals surface area contributed by atoms with Crippen LogP contribution < -0.4 is 19.9 Å². The topological polar surface area (TPSA) is 63.3 Å². The van der Waals surface area contributed by atoms with Gasteiger partial charge in [0.15, 0.2) is 0 Å². The predicted molar refractivity (Wildman–Crippen MR) is 138 cm³/mol. The Kier molecular flexibility index (Phi) is 7.64. The first kappa shape index (κ1) is 24.1. The van der Waals surface area contributed by atoms with Crippen molar-refractivity contribution < 1.29 is 23.4 Å². The minimum Gasteiger partial charge on any atom is -0.488 e. The van der Waals surface area contributed by atoms with Crippen LogP contribution in [0, 0.1) is 5.82 Å². The van der Waals surface area contributed by atoms with Crippen LogP contribution in [0.25, 0.3) is 0 Å². The number of hydrogen-bond acceptors (Lipinski definition) is 6. The van der Waals surface area contributed by atoms with Crippen LogP contribution in [0.4, 0.5) is 21.5 Å². The number of morpholine rings is 2. The minimum absolute atomic E-state index is 0.234. The summed E-state index contributed by atoms with van der Waals surface area (Å²) >= 11 is 0. The SMILES string of the molecule is O=C(Nc1ccc(N2CCOCC2)cc1N1CCOCC1)c1ccccc1OCc1ccc(F)cc1. The standard InChI is InChI=1S/C28H30FN3O4/c29-22-7-5-21(6-8-22)20-36-27-4-2-1-3-24(27)28(33)30-25-10-9-23(31-11-15-34-16-12-31)19-26(25)32-13-17-35-18-14-32/h1-10,19H,11-18,20H2,(H,30,33). The van der Waals surface area contributed by atoms with Crippen molar-refractivity contribution in [2.24, 2.45) is 0 Å². The Labute approximate surface area is 210 Å². The van der Waals surface area contributed by atoms with Crippen molar-refractivity contribution in [1.82, 2.24) is 0 Å². The Bertz CT molecular complexity index is 1180. The van der Waals surface area contributed by atoms with Crippen molar-refractivity contribution in [2.75, 3.05) is 67.7 Å². The van der Waals surface area contributed by atoms with Gasteiger partial charge in [0.05, 0.1) is 43.4 Å². The molecular weight excluding hydrogens is 461 g/mol. The number of ether oxygens (including phenoxy) is 3. The highest BCUT2D eigenvalue weighted by atomic mass is 19.1. The lowest BCUT2D eigenvalue weighted by Crippen LogP contribution is -2.38. The summed E-state index contributed by atoms with van der Waals surface area (Å²) in [6, 6.07) is 19.4. The third-order valence-corrected chi connectivity index (χ3v) is 6.40. The number of anilines is 3. The zero-order valence-corrected chi connectivity index (χ0v) is 20.1. The number of halogens is 1. The molecule has 2 saturated heterocycles. The van der Waals surface area contributed by atoms with Gasteiger partial charge in [0.2, 0.25) is 0 Å². The number of carbonyl (C=O) groups excluding carboxylic acids is 1. The molecule has 0 bridgehead atoms. The van der Waals surface area contributed by atoms with Gasteiger partial charge in [0, 0.05) is 31.9 Å². The Morgan fingerprint density at radius 3 is 2.25 bits per heavy atom. The van der Waals surface area contributed by atoms with Crippen LogP contribution in [0.1, 0.15) is 15.9 Å². The Morgan fingerprint density at radius 1 is 0.861 bits per heavy atom. The van der Waals surface area contributed by atoms with Gasteiger partial charge < -0.3 is 29.3 Å². The molecule has 0 radical (unpaired) electrons. The molecule has 36 heavy (non-hydrogen) atoms. The highest BCUT2D eigenvalue weighted by molar-refractivity contribution is 6.08. The summed E-state index contributed by atoms with van der Waals surface area (Å²) in [4.78, 5) is 18.0. The van der Waals surface area contributed by atoms with Crippen molar-refractivity contribution >= 4 is 23.0 Å². The third-order valence-electron chi connectivity index (χ3n) is 6.40. The average Bonchev–Trinajstić information content (AvgIpc) is 2.94. The van der Waals surface area contributed by atoms with E-state index < -0.39 is 0 Å². The van der Waals surface area contributed by atoms with E-state index in [4.69, 9.17) is 14.2 Å². The monoisotopic (exact) mass is 491 g/mol. The molecule has 1 N–H and O–H groups in total. The predicted octanol–water partition coefficient (Wildman–Crippen LogP) is 4.33. The molecule has 2 fully saturated rings. The van der Waals surface area contributed by atoms with Crippen LogP contribution in [0.3, 0.4) is 0 Å². The molecule has 0 unspecified atom stereocenters. The second kappa shape index (κ2) is 11.4. The molecule has 0 saturated carbocycles. The molecule has 2 aliphatic rings. The van der Waals surface area contributed by atoms with Crippen molar-refractivity contribution in [3.05, 3.63) is 83.7 Å². The van der Waals surface area contributed by atoms with Crippen LogP contribution in [-0.2, 0) is 16.1 Å². The highest BCUT2D eigenvalue weighted by Crippen LogP contribution is 2.33. The van der Waals surface area contributed by atoms with Crippen LogP contribution in [0.15, 0.2) is 66.7 Å². The van der Waals surface area contributed by atoms with Crippen molar-refractivity contribution in [3.63, 3.8) is 0 Å². The van der Waals surface area contributed by atoms with E-state index in [-0.39, 0.29) is 18.3 Å². The fourth-order valence-electron chi connectivity index (χ4n) is 4.42. The quantitative estimate of drug-likeness (QED) is 0.531. The van der Waals surface area contributed by atoms with Gasteiger partial charge in [-0.05, 0) is 48.0 Å². The number of carbonyl (C=O) groups is 1.